The molecule has 0 bridgehead atoms. The summed E-state index contributed by atoms with van der Waals surface area (Å²) in [5.41, 5.74) is 1.89. The first-order valence-corrected chi connectivity index (χ1v) is 9.08. The van der Waals surface area contributed by atoms with Gasteiger partial charge in [0.15, 0.2) is 0 Å². The fraction of sp³-hybridized carbons (Fsp3) is 0.263. The van der Waals surface area contributed by atoms with Gasteiger partial charge in [-0.2, -0.15) is 0 Å². The quantitative estimate of drug-likeness (QED) is 0.722. The average molecular weight is 337 g/mol. The van der Waals surface area contributed by atoms with Crippen LogP contribution in [0.3, 0.4) is 0 Å². The predicted molar refractivity (Wildman–Crippen MR) is 95.1 cm³/mol. The number of amides is 1. The minimum atomic E-state index is 0.137. The van der Waals surface area contributed by atoms with Gasteiger partial charge >= 0.3 is 0 Å². The Morgan fingerprint density at radius 3 is 3.04 bits per heavy atom. The molecule has 1 aromatic carbocycles. The molecular formula is C19H19N3OS. The van der Waals surface area contributed by atoms with Crippen molar-refractivity contribution >= 4 is 17.2 Å². The van der Waals surface area contributed by atoms with Gasteiger partial charge in [0.2, 0.25) is 0 Å². The number of nitrogens with zero attached hydrogens (tertiary/aromatic N) is 3. The van der Waals surface area contributed by atoms with E-state index in [1.807, 2.05) is 33.9 Å². The standard InChI is InChI=1S/C19H19N3OS/c23-19(22-9-2-6-17(22)18-7-3-11-24-18)16-5-1-4-15(12-16)13-21-10-8-20-14-21/h1,3-5,7-8,10-12,14,17H,2,6,9,13H2/t17-/m1/s1. The number of carbonyl (C=O) groups excluding carboxylic acids is 1. The van der Waals surface area contributed by atoms with Gasteiger partial charge in [-0.25, -0.2) is 4.98 Å². The molecule has 3 aromatic rings. The van der Waals surface area contributed by atoms with E-state index in [4.69, 9.17) is 0 Å². The fourth-order valence-corrected chi connectivity index (χ4v) is 4.22. The van der Waals surface area contributed by atoms with Crippen LogP contribution in [0.4, 0.5) is 0 Å². The number of carbonyl (C=O) groups is 1. The highest BCUT2D eigenvalue weighted by Crippen LogP contribution is 2.35. The van der Waals surface area contributed by atoms with E-state index in [1.165, 1.54) is 4.88 Å². The minimum Gasteiger partial charge on any atom is -0.333 e. The van der Waals surface area contributed by atoms with E-state index in [2.05, 4.69) is 28.6 Å². The summed E-state index contributed by atoms with van der Waals surface area (Å²) in [6, 6.07) is 12.4. The Morgan fingerprint density at radius 1 is 1.29 bits per heavy atom. The van der Waals surface area contributed by atoms with Gasteiger partial charge in [0.05, 0.1) is 12.4 Å². The maximum Gasteiger partial charge on any atom is 0.254 e. The molecule has 4 nitrogen and oxygen atoms in total. The lowest BCUT2D eigenvalue weighted by Gasteiger charge is -2.24. The van der Waals surface area contributed by atoms with E-state index in [0.29, 0.717) is 0 Å². The second kappa shape index (κ2) is 6.61. The summed E-state index contributed by atoms with van der Waals surface area (Å²) in [6.45, 7) is 1.57. The number of rotatable bonds is 4. The number of hydrogen-bond acceptors (Lipinski definition) is 3. The van der Waals surface area contributed by atoms with E-state index in [1.54, 1.807) is 23.9 Å². The second-order valence-electron chi connectivity index (χ2n) is 6.11. The summed E-state index contributed by atoms with van der Waals surface area (Å²) in [7, 11) is 0. The van der Waals surface area contributed by atoms with Crippen LogP contribution in [0, 0.1) is 0 Å². The topological polar surface area (TPSA) is 38.1 Å². The van der Waals surface area contributed by atoms with Crippen LogP contribution >= 0.6 is 11.3 Å². The lowest BCUT2D eigenvalue weighted by molar-refractivity contribution is 0.0737. The Bertz CT molecular complexity index is 811. The zero-order valence-corrected chi connectivity index (χ0v) is 14.2. The molecule has 1 saturated heterocycles. The summed E-state index contributed by atoms with van der Waals surface area (Å²) in [5, 5.41) is 2.09. The Labute approximate surface area is 145 Å². The lowest BCUT2D eigenvalue weighted by atomic mass is 10.1. The number of hydrogen-bond donors (Lipinski definition) is 0. The molecule has 0 N–H and O–H groups in total. The maximum absolute atomic E-state index is 13.0. The van der Waals surface area contributed by atoms with Gasteiger partial charge in [0.25, 0.3) is 5.91 Å². The molecule has 0 unspecified atom stereocenters. The zero-order chi connectivity index (χ0) is 16.4. The van der Waals surface area contributed by atoms with Crippen molar-refractivity contribution in [2.24, 2.45) is 0 Å². The Kier molecular flexibility index (Phi) is 4.17. The van der Waals surface area contributed by atoms with Gasteiger partial charge < -0.3 is 9.47 Å². The second-order valence-corrected chi connectivity index (χ2v) is 7.09. The lowest BCUT2D eigenvalue weighted by Crippen LogP contribution is -2.30. The van der Waals surface area contributed by atoms with Crippen molar-refractivity contribution in [1.29, 1.82) is 0 Å². The number of likely N-dealkylation sites (tertiary alicyclic amines) is 1. The number of imidazole rings is 1. The molecule has 0 aliphatic carbocycles. The van der Waals surface area contributed by atoms with Crippen LogP contribution < -0.4 is 0 Å². The summed E-state index contributed by atoms with van der Waals surface area (Å²) in [4.78, 5) is 20.4. The van der Waals surface area contributed by atoms with E-state index < -0.39 is 0 Å². The predicted octanol–water partition coefficient (Wildman–Crippen LogP) is 3.97. The molecule has 1 amide bonds. The van der Waals surface area contributed by atoms with E-state index in [0.717, 1.165) is 37.1 Å². The van der Waals surface area contributed by atoms with E-state index >= 15 is 0 Å². The molecule has 3 heterocycles. The summed E-state index contributed by atoms with van der Waals surface area (Å²) in [6.07, 6.45) is 7.62. The molecule has 24 heavy (non-hydrogen) atoms. The van der Waals surface area contributed by atoms with Gasteiger partial charge in [-0.05, 0) is 42.0 Å². The molecule has 1 aliphatic rings. The van der Waals surface area contributed by atoms with Crippen molar-refractivity contribution in [2.75, 3.05) is 6.54 Å². The van der Waals surface area contributed by atoms with Crippen molar-refractivity contribution in [3.8, 4) is 0 Å². The zero-order valence-electron chi connectivity index (χ0n) is 13.3. The van der Waals surface area contributed by atoms with Gasteiger partial charge in [0.1, 0.15) is 0 Å². The molecule has 0 radical (unpaired) electrons. The van der Waals surface area contributed by atoms with E-state index in [9.17, 15) is 4.79 Å². The molecule has 4 rings (SSSR count). The van der Waals surface area contributed by atoms with Crippen molar-refractivity contribution < 1.29 is 4.79 Å². The van der Waals surface area contributed by atoms with Gasteiger partial charge in [-0.15, -0.1) is 11.3 Å². The van der Waals surface area contributed by atoms with Crippen LogP contribution in [-0.4, -0.2) is 26.9 Å². The first-order chi connectivity index (χ1) is 11.8. The maximum atomic E-state index is 13.0. The SMILES string of the molecule is O=C(c1cccc(Cn2ccnc2)c1)N1CCC[C@@H]1c1cccs1. The Balaban J connectivity index is 1.55. The molecule has 122 valence electrons. The van der Waals surface area contributed by atoms with Crippen LogP contribution in [0.2, 0.25) is 0 Å². The van der Waals surface area contributed by atoms with Gasteiger partial charge in [-0.3, -0.25) is 4.79 Å². The van der Waals surface area contributed by atoms with Crippen molar-refractivity contribution in [1.82, 2.24) is 14.5 Å². The molecular weight excluding hydrogens is 318 g/mol. The van der Waals surface area contributed by atoms with Crippen molar-refractivity contribution in [3.63, 3.8) is 0 Å². The van der Waals surface area contributed by atoms with Crippen LogP contribution in [0.15, 0.2) is 60.5 Å². The van der Waals surface area contributed by atoms with Crippen LogP contribution in [0.25, 0.3) is 0 Å². The molecule has 1 fully saturated rings. The largest absolute Gasteiger partial charge is 0.333 e. The molecule has 0 spiro atoms. The van der Waals surface area contributed by atoms with Crippen LogP contribution in [-0.2, 0) is 6.54 Å². The number of aromatic nitrogens is 2. The highest BCUT2D eigenvalue weighted by Gasteiger charge is 2.31. The Hall–Kier alpha value is -2.40. The first kappa shape index (κ1) is 15.1. The van der Waals surface area contributed by atoms with Gasteiger partial charge in [-0.1, -0.05) is 18.2 Å². The third kappa shape index (κ3) is 2.99. The smallest absolute Gasteiger partial charge is 0.254 e. The van der Waals surface area contributed by atoms with Crippen molar-refractivity contribution in [2.45, 2.75) is 25.4 Å². The molecule has 2 aromatic heterocycles. The molecule has 1 aliphatic heterocycles. The normalized spacial score (nSPS) is 17.3. The summed E-state index contributed by atoms with van der Waals surface area (Å²) < 4.78 is 2.01. The fourth-order valence-electron chi connectivity index (χ4n) is 3.35. The third-order valence-electron chi connectivity index (χ3n) is 4.48. The average Bonchev–Trinajstić information content (AvgIpc) is 3.35. The van der Waals surface area contributed by atoms with Crippen LogP contribution in [0.5, 0.6) is 0 Å². The monoisotopic (exact) mass is 337 g/mol. The Morgan fingerprint density at radius 2 is 2.25 bits per heavy atom. The third-order valence-corrected chi connectivity index (χ3v) is 5.46. The summed E-state index contributed by atoms with van der Waals surface area (Å²) >= 11 is 1.74. The number of thiophene rings is 1. The summed E-state index contributed by atoms with van der Waals surface area (Å²) in [5.74, 6) is 0.137. The van der Waals surface area contributed by atoms with Gasteiger partial charge in [0, 0.05) is 35.9 Å². The van der Waals surface area contributed by atoms with Crippen LogP contribution in [0.1, 0.15) is 39.7 Å². The molecule has 5 heteroatoms. The molecule has 1 atom stereocenters. The van der Waals surface area contributed by atoms with E-state index in [-0.39, 0.29) is 11.9 Å². The minimum absolute atomic E-state index is 0.137. The highest BCUT2D eigenvalue weighted by atomic mass is 32.1. The molecule has 0 saturated carbocycles. The highest BCUT2D eigenvalue weighted by molar-refractivity contribution is 7.10. The first-order valence-electron chi connectivity index (χ1n) is 8.20. The van der Waals surface area contributed by atoms with Crippen molar-refractivity contribution in [3.05, 3.63) is 76.5 Å². The number of benzene rings is 1.